The Kier molecular flexibility index (Phi) is 7.02. The van der Waals surface area contributed by atoms with Gasteiger partial charge in [0, 0.05) is 13.1 Å². The van der Waals surface area contributed by atoms with Crippen LogP contribution in [-0.4, -0.2) is 49.6 Å². The smallest absolute Gasteiger partial charge is 0.343 e. The molecule has 0 unspecified atom stereocenters. The number of aryl methyl sites for hydroxylation is 1. The van der Waals surface area contributed by atoms with Crippen LogP contribution in [-0.2, 0) is 16.6 Å². The third-order valence-corrected chi connectivity index (χ3v) is 3.79. The first kappa shape index (κ1) is 20.8. The number of esters is 1. The normalized spacial score (nSPS) is 10.6. The van der Waals surface area contributed by atoms with E-state index in [1.807, 2.05) is 0 Å². The van der Waals surface area contributed by atoms with Crippen LogP contribution in [0.2, 0.25) is 0 Å². The van der Waals surface area contributed by atoms with E-state index in [4.69, 9.17) is 18.9 Å². The Bertz CT molecular complexity index is 863. The lowest BCUT2D eigenvalue weighted by Crippen LogP contribution is -2.15. The lowest BCUT2D eigenvalue weighted by Gasteiger charge is -2.12. The average molecular weight is 389 g/mol. The van der Waals surface area contributed by atoms with Crippen LogP contribution in [0, 0.1) is 0 Å². The molecule has 0 radical (unpaired) electrons. The van der Waals surface area contributed by atoms with Crippen molar-refractivity contribution in [2.45, 2.75) is 6.92 Å². The van der Waals surface area contributed by atoms with Gasteiger partial charge in [0.1, 0.15) is 11.4 Å². The van der Waals surface area contributed by atoms with E-state index in [1.54, 1.807) is 32.2 Å². The van der Waals surface area contributed by atoms with Crippen molar-refractivity contribution in [3.05, 3.63) is 35.5 Å². The second-order valence-electron chi connectivity index (χ2n) is 5.53. The second kappa shape index (κ2) is 9.45. The summed E-state index contributed by atoms with van der Waals surface area (Å²) >= 11 is 0. The summed E-state index contributed by atoms with van der Waals surface area (Å²) in [6.45, 7) is 1.93. The molecule has 1 aromatic carbocycles. The maximum atomic E-state index is 12.3. The molecular weight excluding hydrogens is 366 g/mol. The molecular formula is C19H23N3O6. The first-order valence-corrected chi connectivity index (χ1v) is 8.43. The zero-order valence-corrected chi connectivity index (χ0v) is 16.4. The molecule has 0 spiro atoms. The molecule has 150 valence electrons. The predicted octanol–water partition coefficient (Wildman–Crippen LogP) is 2.27. The molecule has 2 rings (SSSR count). The Morgan fingerprint density at radius 2 is 1.79 bits per heavy atom. The van der Waals surface area contributed by atoms with Crippen molar-refractivity contribution in [1.29, 1.82) is 0 Å². The molecule has 0 saturated carbocycles. The van der Waals surface area contributed by atoms with Crippen LogP contribution in [0.1, 0.15) is 22.8 Å². The fraction of sp³-hybridized carbons (Fsp3) is 0.316. The molecule has 0 aliphatic heterocycles. The highest BCUT2D eigenvalue weighted by Crippen LogP contribution is 2.38. The summed E-state index contributed by atoms with van der Waals surface area (Å²) in [5, 5.41) is 6.62. The largest absolute Gasteiger partial charge is 0.493 e. The summed E-state index contributed by atoms with van der Waals surface area (Å²) < 4.78 is 22.2. The third-order valence-electron chi connectivity index (χ3n) is 3.79. The maximum Gasteiger partial charge on any atom is 0.343 e. The van der Waals surface area contributed by atoms with Crippen LogP contribution in [0.5, 0.6) is 17.2 Å². The van der Waals surface area contributed by atoms with Gasteiger partial charge in [-0.3, -0.25) is 9.48 Å². The second-order valence-corrected chi connectivity index (χ2v) is 5.53. The van der Waals surface area contributed by atoms with E-state index in [2.05, 4.69) is 10.4 Å². The van der Waals surface area contributed by atoms with Crippen molar-refractivity contribution in [3.63, 3.8) is 0 Å². The molecule has 28 heavy (non-hydrogen) atoms. The molecule has 0 saturated heterocycles. The molecule has 0 aliphatic carbocycles. The van der Waals surface area contributed by atoms with E-state index in [0.717, 1.165) is 0 Å². The number of methoxy groups -OCH3 is 3. The number of amides is 1. The lowest BCUT2D eigenvalue weighted by molar-refractivity contribution is -0.111. The van der Waals surface area contributed by atoms with Crippen LogP contribution in [0.4, 0.5) is 5.82 Å². The Hall–Kier alpha value is -3.49. The summed E-state index contributed by atoms with van der Waals surface area (Å²) in [7, 11) is 6.15. The number of rotatable bonds is 8. The SMILES string of the molecule is CCOC(=O)c1cnn(C)c1NC(=O)/C=C/c1cc(OC)c(OC)c(OC)c1. The number of aromatic nitrogens is 2. The molecule has 1 heterocycles. The van der Waals surface area contributed by atoms with Gasteiger partial charge >= 0.3 is 5.97 Å². The summed E-state index contributed by atoms with van der Waals surface area (Å²) in [6.07, 6.45) is 4.25. The molecule has 9 nitrogen and oxygen atoms in total. The van der Waals surface area contributed by atoms with Crippen molar-refractivity contribution in [2.75, 3.05) is 33.3 Å². The van der Waals surface area contributed by atoms with Gasteiger partial charge in [-0.05, 0) is 30.7 Å². The zero-order valence-electron chi connectivity index (χ0n) is 16.4. The van der Waals surface area contributed by atoms with Gasteiger partial charge in [0.05, 0.1) is 34.1 Å². The highest BCUT2D eigenvalue weighted by Gasteiger charge is 2.18. The van der Waals surface area contributed by atoms with Crippen molar-refractivity contribution in [2.24, 2.45) is 7.05 Å². The molecule has 0 fully saturated rings. The molecule has 0 bridgehead atoms. The average Bonchev–Trinajstić information content (AvgIpc) is 3.05. The van der Waals surface area contributed by atoms with E-state index in [1.165, 1.54) is 38.3 Å². The number of hydrogen-bond acceptors (Lipinski definition) is 7. The van der Waals surface area contributed by atoms with Gasteiger partial charge in [-0.15, -0.1) is 0 Å². The zero-order chi connectivity index (χ0) is 20.7. The number of nitrogens with zero attached hydrogens (tertiary/aromatic N) is 2. The molecule has 1 amide bonds. The summed E-state index contributed by atoms with van der Waals surface area (Å²) in [4.78, 5) is 24.3. The van der Waals surface area contributed by atoms with E-state index in [-0.39, 0.29) is 18.0 Å². The number of benzene rings is 1. The van der Waals surface area contributed by atoms with Gasteiger partial charge in [-0.25, -0.2) is 4.79 Å². The lowest BCUT2D eigenvalue weighted by atomic mass is 10.1. The number of hydrogen-bond donors (Lipinski definition) is 1. The van der Waals surface area contributed by atoms with E-state index >= 15 is 0 Å². The van der Waals surface area contributed by atoms with Crippen molar-refractivity contribution in [1.82, 2.24) is 9.78 Å². The summed E-state index contributed by atoms with van der Waals surface area (Å²) in [5.74, 6) is 0.650. The number of anilines is 1. The Labute approximate surface area is 162 Å². The van der Waals surface area contributed by atoms with Crippen LogP contribution in [0.25, 0.3) is 6.08 Å². The fourth-order valence-electron chi connectivity index (χ4n) is 2.47. The third kappa shape index (κ3) is 4.61. The molecule has 9 heteroatoms. The number of ether oxygens (including phenoxy) is 4. The van der Waals surface area contributed by atoms with Gasteiger partial charge in [0.15, 0.2) is 11.5 Å². The quantitative estimate of drug-likeness (QED) is 0.546. The molecule has 1 N–H and O–H groups in total. The Morgan fingerprint density at radius 3 is 2.32 bits per heavy atom. The molecule has 0 atom stereocenters. The van der Waals surface area contributed by atoms with E-state index in [0.29, 0.717) is 22.8 Å². The highest BCUT2D eigenvalue weighted by molar-refractivity contribution is 6.05. The minimum absolute atomic E-state index is 0.180. The molecule has 0 aliphatic rings. The monoisotopic (exact) mass is 389 g/mol. The van der Waals surface area contributed by atoms with Crippen molar-refractivity contribution >= 4 is 23.8 Å². The Morgan fingerprint density at radius 1 is 1.14 bits per heavy atom. The predicted molar refractivity (Wildman–Crippen MR) is 103 cm³/mol. The van der Waals surface area contributed by atoms with Gasteiger partial charge in [0.2, 0.25) is 11.7 Å². The van der Waals surface area contributed by atoms with Crippen LogP contribution in [0.3, 0.4) is 0 Å². The topological polar surface area (TPSA) is 101 Å². The first-order valence-electron chi connectivity index (χ1n) is 8.43. The highest BCUT2D eigenvalue weighted by atomic mass is 16.5. The van der Waals surface area contributed by atoms with Crippen LogP contribution < -0.4 is 19.5 Å². The molecule has 2 aromatic rings. The van der Waals surface area contributed by atoms with E-state index in [9.17, 15) is 9.59 Å². The van der Waals surface area contributed by atoms with Crippen LogP contribution in [0.15, 0.2) is 24.4 Å². The minimum atomic E-state index is -0.556. The van der Waals surface area contributed by atoms with Crippen molar-refractivity contribution in [3.8, 4) is 17.2 Å². The maximum absolute atomic E-state index is 12.3. The summed E-state index contributed by atoms with van der Waals surface area (Å²) in [6, 6.07) is 3.42. The van der Waals surface area contributed by atoms with Gasteiger partial charge < -0.3 is 24.3 Å². The van der Waals surface area contributed by atoms with Gasteiger partial charge in [-0.2, -0.15) is 5.10 Å². The van der Waals surface area contributed by atoms with Gasteiger partial charge in [0.25, 0.3) is 0 Å². The minimum Gasteiger partial charge on any atom is -0.493 e. The van der Waals surface area contributed by atoms with Crippen LogP contribution >= 0.6 is 0 Å². The number of nitrogens with one attached hydrogen (secondary N) is 1. The van der Waals surface area contributed by atoms with Crippen molar-refractivity contribution < 1.29 is 28.5 Å². The Balaban J connectivity index is 2.21. The van der Waals surface area contributed by atoms with Gasteiger partial charge in [-0.1, -0.05) is 0 Å². The fourth-order valence-corrected chi connectivity index (χ4v) is 2.47. The summed E-state index contributed by atoms with van der Waals surface area (Å²) in [5.41, 5.74) is 0.846. The number of carbonyl (C=O) groups excluding carboxylic acids is 2. The standard InChI is InChI=1S/C19H23N3O6/c1-6-28-19(24)13-11-20-22(2)18(13)21-16(23)8-7-12-9-14(25-3)17(27-5)15(10-12)26-4/h7-11H,6H2,1-5H3,(H,21,23)/b8-7+. The molecule has 1 aromatic heterocycles. The number of carbonyl (C=O) groups is 2. The van der Waals surface area contributed by atoms with E-state index < -0.39 is 11.9 Å². The first-order chi connectivity index (χ1) is 13.4.